The topological polar surface area (TPSA) is 83.8 Å². The molecule has 2 N–H and O–H groups in total. The highest BCUT2D eigenvalue weighted by atomic mass is 19.1. The summed E-state index contributed by atoms with van der Waals surface area (Å²) < 4.78 is 23.8. The fraction of sp³-hybridized carbons (Fsp3) is 0.412. The Balaban J connectivity index is 1.44. The monoisotopic (exact) mass is 349 g/mol. The van der Waals surface area contributed by atoms with E-state index >= 15 is 0 Å². The molecule has 25 heavy (non-hydrogen) atoms. The Bertz CT molecular complexity index is 755. The second-order valence-electron chi connectivity index (χ2n) is 5.78. The molecule has 2 amide bonds. The number of furan rings is 1. The van der Waals surface area contributed by atoms with E-state index in [0.29, 0.717) is 30.7 Å². The van der Waals surface area contributed by atoms with Crippen LogP contribution >= 0.6 is 0 Å². The molecule has 134 valence electrons. The molecule has 1 aliphatic rings. The minimum Gasteiger partial charge on any atom is -0.463 e. The standard InChI is InChI=1S/C17H20FN3O4/c18-12-1-2-15-13(9-12)14(11-25-15)17(23)20-10-16(22)19-3-4-21-5-7-24-8-6-21/h1-2,9,11H,3-8,10H2,(H,19,22)(H,20,23). The molecule has 0 radical (unpaired) electrons. The quantitative estimate of drug-likeness (QED) is 0.804. The van der Waals surface area contributed by atoms with Crippen molar-refractivity contribution in [2.45, 2.75) is 0 Å². The van der Waals surface area contributed by atoms with Crippen molar-refractivity contribution in [3.63, 3.8) is 0 Å². The van der Waals surface area contributed by atoms with Crippen molar-refractivity contribution < 1.29 is 23.1 Å². The molecular weight excluding hydrogens is 329 g/mol. The molecule has 1 aliphatic heterocycles. The molecular formula is C17H20FN3O4. The lowest BCUT2D eigenvalue weighted by atomic mass is 10.1. The number of nitrogens with one attached hydrogen (secondary N) is 2. The molecule has 8 heteroatoms. The van der Waals surface area contributed by atoms with Crippen LogP contribution in [0.15, 0.2) is 28.9 Å². The lowest BCUT2D eigenvalue weighted by Crippen LogP contribution is -2.43. The lowest BCUT2D eigenvalue weighted by molar-refractivity contribution is -0.120. The number of fused-ring (bicyclic) bond motifs is 1. The number of rotatable bonds is 6. The summed E-state index contributed by atoms with van der Waals surface area (Å²) in [5.74, 6) is -1.21. The predicted octanol–water partition coefficient (Wildman–Crippen LogP) is 0.750. The van der Waals surface area contributed by atoms with E-state index in [0.717, 1.165) is 19.6 Å². The van der Waals surface area contributed by atoms with Gasteiger partial charge in [0.2, 0.25) is 5.91 Å². The number of halogens is 1. The van der Waals surface area contributed by atoms with Crippen molar-refractivity contribution in [2.75, 3.05) is 45.9 Å². The van der Waals surface area contributed by atoms with E-state index in [9.17, 15) is 14.0 Å². The molecule has 0 atom stereocenters. The van der Waals surface area contributed by atoms with Gasteiger partial charge in [-0.15, -0.1) is 0 Å². The molecule has 3 rings (SSSR count). The number of carbonyl (C=O) groups excluding carboxylic acids is 2. The molecule has 1 saturated heterocycles. The fourth-order valence-electron chi connectivity index (χ4n) is 2.67. The average Bonchev–Trinajstić information content (AvgIpc) is 3.03. The first-order valence-corrected chi connectivity index (χ1v) is 8.15. The number of benzene rings is 1. The summed E-state index contributed by atoms with van der Waals surface area (Å²) in [7, 11) is 0. The molecule has 2 heterocycles. The van der Waals surface area contributed by atoms with Gasteiger partial charge in [-0.1, -0.05) is 0 Å². The highest BCUT2D eigenvalue weighted by Gasteiger charge is 2.15. The van der Waals surface area contributed by atoms with Gasteiger partial charge in [-0.2, -0.15) is 0 Å². The second-order valence-corrected chi connectivity index (χ2v) is 5.78. The van der Waals surface area contributed by atoms with Crippen molar-refractivity contribution in [1.29, 1.82) is 0 Å². The Morgan fingerprint density at radius 1 is 1.20 bits per heavy atom. The summed E-state index contributed by atoms with van der Waals surface area (Å²) >= 11 is 0. The number of ether oxygens (including phenoxy) is 1. The number of hydrogen-bond acceptors (Lipinski definition) is 5. The maximum absolute atomic E-state index is 13.3. The van der Waals surface area contributed by atoms with E-state index in [1.165, 1.54) is 24.5 Å². The Hall–Kier alpha value is -2.45. The van der Waals surface area contributed by atoms with Gasteiger partial charge in [0.15, 0.2) is 0 Å². The van der Waals surface area contributed by atoms with Gasteiger partial charge < -0.3 is 19.8 Å². The fourth-order valence-corrected chi connectivity index (χ4v) is 2.67. The number of hydrogen-bond donors (Lipinski definition) is 2. The van der Waals surface area contributed by atoms with Gasteiger partial charge in [-0.25, -0.2) is 4.39 Å². The van der Waals surface area contributed by atoms with Gasteiger partial charge in [-0.3, -0.25) is 14.5 Å². The predicted molar refractivity (Wildman–Crippen MR) is 88.8 cm³/mol. The van der Waals surface area contributed by atoms with E-state index in [1.54, 1.807) is 0 Å². The van der Waals surface area contributed by atoms with Crippen LogP contribution in [-0.2, 0) is 9.53 Å². The van der Waals surface area contributed by atoms with E-state index in [2.05, 4.69) is 15.5 Å². The first-order chi connectivity index (χ1) is 12.1. The SMILES string of the molecule is O=C(CNC(=O)c1coc2ccc(F)cc12)NCCN1CCOCC1. The number of nitrogens with zero attached hydrogens (tertiary/aromatic N) is 1. The first kappa shape index (κ1) is 17.4. The van der Waals surface area contributed by atoms with Crippen LogP contribution in [0.2, 0.25) is 0 Å². The van der Waals surface area contributed by atoms with Crippen LogP contribution in [0.25, 0.3) is 11.0 Å². The summed E-state index contributed by atoms with van der Waals surface area (Å²) in [6, 6.07) is 3.95. The molecule has 7 nitrogen and oxygen atoms in total. The van der Waals surface area contributed by atoms with Crippen LogP contribution in [0.4, 0.5) is 4.39 Å². The van der Waals surface area contributed by atoms with Crippen molar-refractivity contribution in [3.8, 4) is 0 Å². The number of morpholine rings is 1. The van der Waals surface area contributed by atoms with Crippen LogP contribution in [-0.4, -0.2) is 62.7 Å². The molecule has 1 aromatic carbocycles. The molecule has 0 saturated carbocycles. The summed E-state index contributed by atoms with van der Waals surface area (Å²) in [4.78, 5) is 26.2. The Kier molecular flexibility index (Phi) is 5.62. The molecule has 1 fully saturated rings. The second kappa shape index (κ2) is 8.09. The van der Waals surface area contributed by atoms with E-state index in [1.807, 2.05) is 0 Å². The average molecular weight is 349 g/mol. The molecule has 0 bridgehead atoms. The van der Waals surface area contributed by atoms with E-state index in [-0.39, 0.29) is 18.0 Å². The molecule has 2 aromatic rings. The number of amides is 2. The van der Waals surface area contributed by atoms with Crippen molar-refractivity contribution in [3.05, 3.63) is 35.8 Å². The van der Waals surface area contributed by atoms with E-state index in [4.69, 9.17) is 9.15 Å². The van der Waals surface area contributed by atoms with Gasteiger partial charge in [0.05, 0.1) is 25.3 Å². The number of carbonyl (C=O) groups is 2. The van der Waals surface area contributed by atoms with Gasteiger partial charge >= 0.3 is 0 Å². The summed E-state index contributed by atoms with van der Waals surface area (Å²) in [5, 5.41) is 5.66. The summed E-state index contributed by atoms with van der Waals surface area (Å²) in [6.45, 7) is 4.24. The highest BCUT2D eigenvalue weighted by Crippen LogP contribution is 2.21. The Morgan fingerprint density at radius 3 is 2.80 bits per heavy atom. The molecule has 1 aromatic heterocycles. The molecule has 0 unspecified atom stereocenters. The normalized spacial score (nSPS) is 15.2. The molecule has 0 aliphatic carbocycles. The summed E-state index contributed by atoms with van der Waals surface area (Å²) in [5.41, 5.74) is 0.622. The zero-order valence-electron chi connectivity index (χ0n) is 13.7. The van der Waals surface area contributed by atoms with E-state index < -0.39 is 11.7 Å². The first-order valence-electron chi connectivity index (χ1n) is 8.15. The smallest absolute Gasteiger partial charge is 0.255 e. The van der Waals surface area contributed by atoms with Crippen molar-refractivity contribution >= 4 is 22.8 Å². The minimum atomic E-state index is -0.479. The third-order valence-electron chi connectivity index (χ3n) is 4.04. The van der Waals surface area contributed by atoms with Crippen LogP contribution < -0.4 is 10.6 Å². The zero-order chi connectivity index (χ0) is 17.6. The van der Waals surface area contributed by atoms with Crippen LogP contribution in [0.3, 0.4) is 0 Å². The van der Waals surface area contributed by atoms with Crippen LogP contribution in [0.5, 0.6) is 0 Å². The van der Waals surface area contributed by atoms with Crippen LogP contribution in [0.1, 0.15) is 10.4 Å². The lowest BCUT2D eigenvalue weighted by Gasteiger charge is -2.26. The third kappa shape index (κ3) is 4.55. The highest BCUT2D eigenvalue weighted by molar-refractivity contribution is 6.06. The largest absolute Gasteiger partial charge is 0.463 e. The zero-order valence-corrected chi connectivity index (χ0v) is 13.7. The van der Waals surface area contributed by atoms with Crippen LogP contribution in [0, 0.1) is 5.82 Å². The van der Waals surface area contributed by atoms with Crippen molar-refractivity contribution in [2.24, 2.45) is 0 Å². The third-order valence-corrected chi connectivity index (χ3v) is 4.04. The van der Waals surface area contributed by atoms with Gasteiger partial charge in [0.1, 0.15) is 17.7 Å². The Morgan fingerprint density at radius 2 is 2.00 bits per heavy atom. The van der Waals surface area contributed by atoms with Gasteiger partial charge in [0, 0.05) is 31.6 Å². The maximum Gasteiger partial charge on any atom is 0.255 e. The summed E-state index contributed by atoms with van der Waals surface area (Å²) in [6.07, 6.45) is 1.26. The van der Waals surface area contributed by atoms with Gasteiger partial charge in [-0.05, 0) is 18.2 Å². The Labute approximate surface area is 144 Å². The molecule has 0 spiro atoms. The minimum absolute atomic E-state index is 0.149. The van der Waals surface area contributed by atoms with Gasteiger partial charge in [0.25, 0.3) is 5.91 Å². The maximum atomic E-state index is 13.3. The van der Waals surface area contributed by atoms with Crippen molar-refractivity contribution in [1.82, 2.24) is 15.5 Å².